The van der Waals surface area contributed by atoms with Gasteiger partial charge in [-0.3, -0.25) is 0 Å². The van der Waals surface area contributed by atoms with Gasteiger partial charge in [0.05, 0.1) is 0 Å². The third kappa shape index (κ3) is 3.40. The van der Waals surface area contributed by atoms with Crippen LogP contribution in [0.1, 0.15) is 26.2 Å². The molecule has 1 saturated heterocycles. The molecule has 2 fully saturated rings. The second-order valence-electron chi connectivity index (χ2n) is 5.43. The molecule has 0 bridgehead atoms. The Morgan fingerprint density at radius 3 is 2.76 bits per heavy atom. The standard InChI is InChI=1S/C11H23N3O2S/c1-9-5-11(9)7-13-17(15,16)14-4-2-3-10(6-12)8-14/h9-11,13H,2-8,12H2,1H3. The second-order valence-corrected chi connectivity index (χ2v) is 7.18. The summed E-state index contributed by atoms with van der Waals surface area (Å²) in [5.74, 6) is 1.54. The molecule has 17 heavy (non-hydrogen) atoms. The molecule has 0 aromatic heterocycles. The van der Waals surface area contributed by atoms with Crippen LogP contribution in [0.25, 0.3) is 0 Å². The van der Waals surface area contributed by atoms with Crippen LogP contribution < -0.4 is 10.5 Å². The highest BCUT2D eigenvalue weighted by atomic mass is 32.2. The third-order valence-electron chi connectivity index (χ3n) is 3.96. The number of piperidine rings is 1. The Bertz CT molecular complexity index is 358. The summed E-state index contributed by atoms with van der Waals surface area (Å²) in [6.07, 6.45) is 3.11. The van der Waals surface area contributed by atoms with Gasteiger partial charge < -0.3 is 5.73 Å². The zero-order valence-corrected chi connectivity index (χ0v) is 11.2. The molecular weight excluding hydrogens is 238 g/mol. The number of rotatable bonds is 5. The molecule has 1 aliphatic carbocycles. The van der Waals surface area contributed by atoms with E-state index < -0.39 is 10.2 Å². The van der Waals surface area contributed by atoms with Gasteiger partial charge in [0.25, 0.3) is 10.2 Å². The van der Waals surface area contributed by atoms with Gasteiger partial charge in [0.15, 0.2) is 0 Å². The smallest absolute Gasteiger partial charge is 0.279 e. The largest absolute Gasteiger partial charge is 0.330 e. The zero-order valence-electron chi connectivity index (χ0n) is 10.4. The Balaban J connectivity index is 1.85. The van der Waals surface area contributed by atoms with Crippen LogP contribution in [0.2, 0.25) is 0 Å². The van der Waals surface area contributed by atoms with E-state index in [9.17, 15) is 8.42 Å². The summed E-state index contributed by atoms with van der Waals surface area (Å²) in [6.45, 7) is 4.53. The van der Waals surface area contributed by atoms with E-state index in [4.69, 9.17) is 5.73 Å². The van der Waals surface area contributed by atoms with Crippen LogP contribution in [-0.4, -0.2) is 38.9 Å². The molecule has 3 unspecified atom stereocenters. The second kappa shape index (κ2) is 5.22. The average Bonchev–Trinajstić information content (AvgIpc) is 3.03. The molecule has 0 aromatic carbocycles. The van der Waals surface area contributed by atoms with Crippen LogP contribution in [0.4, 0.5) is 0 Å². The van der Waals surface area contributed by atoms with Gasteiger partial charge in [-0.1, -0.05) is 6.92 Å². The third-order valence-corrected chi connectivity index (χ3v) is 5.50. The van der Waals surface area contributed by atoms with Crippen molar-refractivity contribution in [1.82, 2.24) is 9.03 Å². The zero-order chi connectivity index (χ0) is 12.5. The maximum atomic E-state index is 12.1. The molecule has 5 nitrogen and oxygen atoms in total. The van der Waals surface area contributed by atoms with Crippen molar-refractivity contribution in [2.45, 2.75) is 26.2 Å². The predicted octanol–water partition coefficient (Wildman–Crippen LogP) is 0.148. The molecule has 1 heterocycles. The Labute approximate surface area is 104 Å². The van der Waals surface area contributed by atoms with Crippen LogP contribution in [-0.2, 0) is 10.2 Å². The van der Waals surface area contributed by atoms with Crippen LogP contribution in [0, 0.1) is 17.8 Å². The lowest BCUT2D eigenvalue weighted by molar-refractivity contribution is 0.268. The van der Waals surface area contributed by atoms with Crippen molar-refractivity contribution in [2.75, 3.05) is 26.2 Å². The molecule has 0 amide bonds. The van der Waals surface area contributed by atoms with E-state index >= 15 is 0 Å². The molecule has 0 spiro atoms. The molecule has 1 aliphatic heterocycles. The van der Waals surface area contributed by atoms with Gasteiger partial charge in [-0.15, -0.1) is 0 Å². The summed E-state index contributed by atoms with van der Waals surface area (Å²) < 4.78 is 28.4. The number of hydrogen-bond donors (Lipinski definition) is 2. The van der Waals surface area contributed by atoms with E-state index in [-0.39, 0.29) is 0 Å². The van der Waals surface area contributed by atoms with E-state index in [2.05, 4.69) is 11.6 Å². The van der Waals surface area contributed by atoms with Gasteiger partial charge in [0.1, 0.15) is 0 Å². The van der Waals surface area contributed by atoms with E-state index in [1.807, 2.05) is 0 Å². The number of nitrogens with zero attached hydrogens (tertiary/aromatic N) is 1. The minimum Gasteiger partial charge on any atom is -0.330 e. The van der Waals surface area contributed by atoms with Crippen LogP contribution in [0.3, 0.4) is 0 Å². The topological polar surface area (TPSA) is 75.4 Å². The minimum atomic E-state index is -3.28. The highest BCUT2D eigenvalue weighted by Gasteiger charge is 2.35. The van der Waals surface area contributed by atoms with E-state index in [0.29, 0.717) is 43.9 Å². The van der Waals surface area contributed by atoms with Crippen LogP contribution in [0.15, 0.2) is 0 Å². The van der Waals surface area contributed by atoms with Gasteiger partial charge in [-0.25, -0.2) is 4.72 Å². The summed E-state index contributed by atoms with van der Waals surface area (Å²) in [5, 5.41) is 0. The first-order valence-electron chi connectivity index (χ1n) is 6.47. The highest BCUT2D eigenvalue weighted by molar-refractivity contribution is 7.87. The number of nitrogens with one attached hydrogen (secondary N) is 1. The molecule has 100 valence electrons. The van der Waals surface area contributed by atoms with Crippen molar-refractivity contribution in [3.63, 3.8) is 0 Å². The molecule has 2 rings (SSSR count). The maximum Gasteiger partial charge on any atom is 0.279 e. The van der Waals surface area contributed by atoms with Crippen molar-refractivity contribution in [2.24, 2.45) is 23.5 Å². The van der Waals surface area contributed by atoms with Gasteiger partial charge in [-0.05, 0) is 43.6 Å². The lowest BCUT2D eigenvalue weighted by atomic mass is 10.0. The Hall–Kier alpha value is -0.170. The van der Waals surface area contributed by atoms with Crippen molar-refractivity contribution in [1.29, 1.82) is 0 Å². The van der Waals surface area contributed by atoms with Gasteiger partial charge in [-0.2, -0.15) is 12.7 Å². The van der Waals surface area contributed by atoms with Gasteiger partial charge in [0.2, 0.25) is 0 Å². The fraction of sp³-hybridized carbons (Fsp3) is 1.00. The summed E-state index contributed by atoms with van der Waals surface area (Å²) in [7, 11) is -3.28. The SMILES string of the molecule is CC1CC1CNS(=O)(=O)N1CCCC(CN)C1. The first-order chi connectivity index (χ1) is 8.03. The van der Waals surface area contributed by atoms with E-state index in [0.717, 1.165) is 19.3 Å². The summed E-state index contributed by atoms with van der Waals surface area (Å²) in [5.41, 5.74) is 5.62. The number of nitrogens with two attached hydrogens (primary N) is 1. The lowest BCUT2D eigenvalue weighted by Crippen LogP contribution is -2.47. The summed E-state index contributed by atoms with van der Waals surface area (Å²) in [4.78, 5) is 0. The van der Waals surface area contributed by atoms with E-state index in [1.165, 1.54) is 0 Å². The molecule has 1 saturated carbocycles. The van der Waals surface area contributed by atoms with Crippen molar-refractivity contribution >= 4 is 10.2 Å². The van der Waals surface area contributed by atoms with Gasteiger partial charge >= 0.3 is 0 Å². The average molecular weight is 261 g/mol. The fourth-order valence-electron chi connectivity index (χ4n) is 2.42. The molecule has 3 N–H and O–H groups in total. The maximum absolute atomic E-state index is 12.1. The normalized spacial score (nSPS) is 34.8. The monoisotopic (exact) mass is 261 g/mol. The molecule has 2 aliphatic rings. The quantitative estimate of drug-likeness (QED) is 0.739. The first-order valence-corrected chi connectivity index (χ1v) is 7.91. The predicted molar refractivity (Wildman–Crippen MR) is 67.5 cm³/mol. The summed E-state index contributed by atoms with van der Waals surface area (Å²) in [6, 6.07) is 0. The first kappa shape index (κ1) is 13.3. The van der Waals surface area contributed by atoms with Crippen LogP contribution in [0.5, 0.6) is 0 Å². The van der Waals surface area contributed by atoms with E-state index in [1.54, 1.807) is 4.31 Å². The van der Waals surface area contributed by atoms with Gasteiger partial charge in [0, 0.05) is 19.6 Å². The van der Waals surface area contributed by atoms with Crippen molar-refractivity contribution in [3.05, 3.63) is 0 Å². The lowest BCUT2D eigenvalue weighted by Gasteiger charge is -2.31. The van der Waals surface area contributed by atoms with Crippen LogP contribution >= 0.6 is 0 Å². The van der Waals surface area contributed by atoms with Crippen molar-refractivity contribution < 1.29 is 8.42 Å². The summed E-state index contributed by atoms with van der Waals surface area (Å²) >= 11 is 0. The fourth-order valence-corrected chi connectivity index (χ4v) is 3.81. The molecule has 6 heteroatoms. The molecule has 0 aromatic rings. The minimum absolute atomic E-state index is 0.320. The highest BCUT2D eigenvalue weighted by Crippen LogP contribution is 2.37. The molecule has 0 radical (unpaired) electrons. The Morgan fingerprint density at radius 1 is 1.47 bits per heavy atom. The number of hydrogen-bond acceptors (Lipinski definition) is 3. The Morgan fingerprint density at radius 2 is 2.18 bits per heavy atom. The molecule has 3 atom stereocenters. The molecular formula is C11H23N3O2S. The Kier molecular flexibility index (Phi) is 4.07. The van der Waals surface area contributed by atoms with Crippen molar-refractivity contribution in [3.8, 4) is 0 Å².